The molecule has 1 aromatic heterocycles. The first kappa shape index (κ1) is 18.2. The number of halogens is 2. The molecule has 0 aliphatic carbocycles. The zero-order valence-corrected chi connectivity index (χ0v) is 15.5. The van der Waals surface area contributed by atoms with Crippen molar-refractivity contribution in [3.05, 3.63) is 70.6 Å². The number of thiazole rings is 1. The summed E-state index contributed by atoms with van der Waals surface area (Å²) in [5.74, 6) is -1.62. The van der Waals surface area contributed by atoms with E-state index in [1.165, 1.54) is 23.5 Å². The van der Waals surface area contributed by atoms with E-state index in [0.29, 0.717) is 16.4 Å². The van der Waals surface area contributed by atoms with Gasteiger partial charge in [-0.15, -0.1) is 11.3 Å². The minimum absolute atomic E-state index is 0.0123. The summed E-state index contributed by atoms with van der Waals surface area (Å²) in [6, 6.07) is 10.7. The topological polar surface area (TPSA) is 42.0 Å². The van der Waals surface area contributed by atoms with Crippen molar-refractivity contribution in [3.63, 3.8) is 0 Å². The highest BCUT2D eigenvalue weighted by molar-refractivity contribution is 7.14. The monoisotopic (exact) mass is 372 g/mol. The molecule has 1 N–H and O–H groups in total. The third-order valence-electron chi connectivity index (χ3n) is 3.94. The van der Waals surface area contributed by atoms with Crippen molar-refractivity contribution < 1.29 is 13.6 Å². The average Bonchev–Trinajstić information content (AvgIpc) is 3.02. The number of benzene rings is 2. The summed E-state index contributed by atoms with van der Waals surface area (Å²) in [6.07, 6.45) is 0. The maximum Gasteiger partial charge on any atom is 0.257 e. The van der Waals surface area contributed by atoms with Crippen LogP contribution in [0.4, 0.5) is 13.9 Å². The lowest BCUT2D eigenvalue weighted by Crippen LogP contribution is -2.14. The number of anilines is 1. The second-order valence-electron chi connectivity index (χ2n) is 6.94. The molecule has 1 amide bonds. The maximum absolute atomic E-state index is 13.8. The fraction of sp³-hybridized carbons (Fsp3) is 0.200. The Kier molecular flexibility index (Phi) is 4.87. The molecule has 0 fully saturated rings. The molecule has 3 nitrogen and oxygen atoms in total. The molecule has 2 aromatic carbocycles. The number of rotatable bonds is 3. The lowest BCUT2D eigenvalue weighted by Gasteiger charge is -2.18. The first-order valence-corrected chi connectivity index (χ1v) is 8.95. The highest BCUT2D eigenvalue weighted by Gasteiger charge is 2.16. The third kappa shape index (κ3) is 3.96. The van der Waals surface area contributed by atoms with E-state index in [-0.39, 0.29) is 16.9 Å². The van der Waals surface area contributed by atoms with Crippen LogP contribution < -0.4 is 5.32 Å². The Hall–Kier alpha value is -2.60. The molecule has 26 heavy (non-hydrogen) atoms. The normalized spacial score (nSPS) is 11.4. The standard InChI is InChI=1S/C20H18F2N2OS/c1-20(2,3)13-6-4-12(5-7-13)18(25)24-19-23-17(11-26-19)15-9-8-14(21)10-16(15)22/h4-11H,1-3H3,(H,23,24,25). The number of hydrogen-bond acceptors (Lipinski definition) is 3. The molecule has 0 bridgehead atoms. The largest absolute Gasteiger partial charge is 0.298 e. The molecular weight excluding hydrogens is 354 g/mol. The zero-order valence-electron chi connectivity index (χ0n) is 14.6. The van der Waals surface area contributed by atoms with Crippen LogP contribution in [0.2, 0.25) is 0 Å². The number of amides is 1. The van der Waals surface area contributed by atoms with Gasteiger partial charge in [0.1, 0.15) is 11.6 Å². The smallest absolute Gasteiger partial charge is 0.257 e. The predicted molar refractivity (Wildman–Crippen MR) is 101 cm³/mol. The summed E-state index contributed by atoms with van der Waals surface area (Å²) in [4.78, 5) is 16.6. The van der Waals surface area contributed by atoms with Gasteiger partial charge in [-0.25, -0.2) is 13.8 Å². The number of carbonyl (C=O) groups is 1. The molecule has 0 radical (unpaired) electrons. The van der Waals surface area contributed by atoms with Gasteiger partial charge in [0.2, 0.25) is 0 Å². The lowest BCUT2D eigenvalue weighted by molar-refractivity contribution is 0.102. The lowest BCUT2D eigenvalue weighted by atomic mass is 9.87. The second-order valence-corrected chi connectivity index (χ2v) is 7.80. The Labute approximate surface area is 154 Å². The van der Waals surface area contributed by atoms with E-state index in [0.717, 1.165) is 11.6 Å². The predicted octanol–water partition coefficient (Wildman–Crippen LogP) is 5.64. The minimum Gasteiger partial charge on any atom is -0.298 e. The Morgan fingerprint density at radius 1 is 1.08 bits per heavy atom. The van der Waals surface area contributed by atoms with Gasteiger partial charge in [-0.1, -0.05) is 32.9 Å². The van der Waals surface area contributed by atoms with Crippen LogP contribution >= 0.6 is 11.3 Å². The molecule has 0 aliphatic rings. The van der Waals surface area contributed by atoms with Gasteiger partial charge in [0.25, 0.3) is 5.91 Å². The van der Waals surface area contributed by atoms with Crippen LogP contribution in [-0.2, 0) is 5.41 Å². The molecule has 134 valence electrons. The summed E-state index contributed by atoms with van der Waals surface area (Å²) in [5.41, 5.74) is 2.21. The van der Waals surface area contributed by atoms with Gasteiger partial charge in [-0.3, -0.25) is 10.1 Å². The number of aromatic nitrogens is 1. The van der Waals surface area contributed by atoms with Crippen LogP contribution in [0.3, 0.4) is 0 Å². The van der Waals surface area contributed by atoms with Crippen molar-refractivity contribution >= 4 is 22.4 Å². The van der Waals surface area contributed by atoms with Gasteiger partial charge in [0.05, 0.1) is 5.69 Å². The van der Waals surface area contributed by atoms with Gasteiger partial charge in [-0.2, -0.15) is 0 Å². The van der Waals surface area contributed by atoms with Crippen molar-refractivity contribution in [1.82, 2.24) is 4.98 Å². The molecular formula is C20H18F2N2OS. The van der Waals surface area contributed by atoms with Gasteiger partial charge >= 0.3 is 0 Å². The van der Waals surface area contributed by atoms with E-state index in [1.807, 2.05) is 12.1 Å². The Morgan fingerprint density at radius 2 is 1.77 bits per heavy atom. The van der Waals surface area contributed by atoms with Crippen molar-refractivity contribution in [2.45, 2.75) is 26.2 Å². The van der Waals surface area contributed by atoms with Crippen LogP contribution in [0.25, 0.3) is 11.3 Å². The summed E-state index contributed by atoms with van der Waals surface area (Å²) < 4.78 is 26.9. The van der Waals surface area contributed by atoms with Gasteiger partial charge in [0, 0.05) is 22.6 Å². The summed E-state index contributed by atoms with van der Waals surface area (Å²) >= 11 is 1.18. The first-order valence-electron chi connectivity index (χ1n) is 8.07. The van der Waals surface area contributed by atoms with Crippen molar-refractivity contribution in [2.75, 3.05) is 5.32 Å². The van der Waals surface area contributed by atoms with E-state index < -0.39 is 11.6 Å². The quantitative estimate of drug-likeness (QED) is 0.647. The van der Waals surface area contributed by atoms with Crippen LogP contribution in [0, 0.1) is 11.6 Å². The summed E-state index contributed by atoms with van der Waals surface area (Å²) in [6.45, 7) is 6.31. The Morgan fingerprint density at radius 3 is 2.38 bits per heavy atom. The van der Waals surface area contributed by atoms with E-state index in [2.05, 4.69) is 31.1 Å². The maximum atomic E-state index is 13.8. The van der Waals surface area contributed by atoms with Crippen LogP contribution in [0.15, 0.2) is 47.8 Å². The van der Waals surface area contributed by atoms with Crippen molar-refractivity contribution in [3.8, 4) is 11.3 Å². The van der Waals surface area contributed by atoms with Crippen LogP contribution in [-0.4, -0.2) is 10.9 Å². The molecule has 0 aliphatic heterocycles. The number of nitrogens with zero attached hydrogens (tertiary/aromatic N) is 1. The number of nitrogens with one attached hydrogen (secondary N) is 1. The number of carbonyl (C=O) groups excluding carboxylic acids is 1. The highest BCUT2D eigenvalue weighted by atomic mass is 32.1. The van der Waals surface area contributed by atoms with E-state index in [1.54, 1.807) is 17.5 Å². The molecule has 0 atom stereocenters. The molecule has 3 rings (SSSR count). The summed E-state index contributed by atoms with van der Waals surface area (Å²) in [7, 11) is 0. The second kappa shape index (κ2) is 6.96. The van der Waals surface area contributed by atoms with Crippen LogP contribution in [0.1, 0.15) is 36.7 Å². The number of hydrogen-bond donors (Lipinski definition) is 1. The molecule has 1 heterocycles. The van der Waals surface area contributed by atoms with Crippen LogP contribution in [0.5, 0.6) is 0 Å². The first-order chi connectivity index (χ1) is 12.2. The summed E-state index contributed by atoms with van der Waals surface area (Å²) in [5, 5.41) is 4.68. The molecule has 0 saturated heterocycles. The fourth-order valence-corrected chi connectivity index (χ4v) is 3.15. The zero-order chi connectivity index (χ0) is 18.9. The highest BCUT2D eigenvalue weighted by Crippen LogP contribution is 2.28. The molecule has 0 saturated carbocycles. The Balaban J connectivity index is 1.75. The molecule has 3 aromatic rings. The van der Waals surface area contributed by atoms with Crippen molar-refractivity contribution in [2.24, 2.45) is 0 Å². The Bertz CT molecular complexity index is 943. The van der Waals surface area contributed by atoms with E-state index >= 15 is 0 Å². The molecule has 0 spiro atoms. The SMILES string of the molecule is CC(C)(C)c1ccc(C(=O)Nc2nc(-c3ccc(F)cc3F)cs2)cc1. The van der Waals surface area contributed by atoms with E-state index in [4.69, 9.17) is 0 Å². The average molecular weight is 372 g/mol. The van der Waals surface area contributed by atoms with Gasteiger partial charge < -0.3 is 0 Å². The molecule has 0 unspecified atom stereocenters. The third-order valence-corrected chi connectivity index (χ3v) is 4.70. The van der Waals surface area contributed by atoms with Gasteiger partial charge in [0.15, 0.2) is 5.13 Å². The van der Waals surface area contributed by atoms with E-state index in [9.17, 15) is 13.6 Å². The molecule has 6 heteroatoms. The van der Waals surface area contributed by atoms with Gasteiger partial charge in [-0.05, 0) is 35.2 Å². The van der Waals surface area contributed by atoms with Crippen molar-refractivity contribution in [1.29, 1.82) is 0 Å². The fourth-order valence-electron chi connectivity index (χ4n) is 2.44. The minimum atomic E-state index is -0.689.